The van der Waals surface area contributed by atoms with Crippen LogP contribution in [-0.4, -0.2) is 5.11 Å². The van der Waals surface area contributed by atoms with E-state index in [1.165, 1.54) is 0 Å². The molecule has 0 aromatic heterocycles. The fourth-order valence-electron chi connectivity index (χ4n) is 3.18. The van der Waals surface area contributed by atoms with Gasteiger partial charge in [-0.3, -0.25) is 0 Å². The molecule has 0 aliphatic carbocycles. The van der Waals surface area contributed by atoms with E-state index < -0.39 is 0 Å². The Morgan fingerprint density at radius 3 is 2.38 bits per heavy atom. The average molecular weight is 276 g/mol. The molecule has 0 amide bonds. The van der Waals surface area contributed by atoms with Gasteiger partial charge in [-0.2, -0.15) is 0 Å². The molecule has 1 aliphatic heterocycles. The molecule has 104 valence electrons. The predicted octanol–water partition coefficient (Wildman–Crippen LogP) is 4.53. The van der Waals surface area contributed by atoms with Crippen molar-refractivity contribution >= 4 is 10.8 Å². The molecule has 1 atom stereocenters. The highest BCUT2D eigenvalue weighted by molar-refractivity contribution is 5.95. The van der Waals surface area contributed by atoms with Gasteiger partial charge in [-0.1, -0.05) is 54.6 Å². The van der Waals surface area contributed by atoms with E-state index in [0.29, 0.717) is 5.75 Å². The maximum Gasteiger partial charge on any atom is 0.135 e. The first-order valence-electron chi connectivity index (χ1n) is 7.20. The molecule has 21 heavy (non-hydrogen) atoms. The molecule has 3 aromatic rings. The summed E-state index contributed by atoms with van der Waals surface area (Å²) in [5.74, 6) is 1.21. The fraction of sp³-hybridized carbons (Fsp3) is 0.158. The minimum absolute atomic E-state index is 0.0164. The number of aromatic hydroxyl groups is 1. The van der Waals surface area contributed by atoms with Crippen LogP contribution >= 0.6 is 0 Å². The molecule has 0 radical (unpaired) electrons. The van der Waals surface area contributed by atoms with Crippen LogP contribution in [0.2, 0.25) is 0 Å². The molecule has 1 aliphatic rings. The van der Waals surface area contributed by atoms with E-state index in [2.05, 4.69) is 18.2 Å². The van der Waals surface area contributed by atoms with Gasteiger partial charge in [0.25, 0.3) is 0 Å². The smallest absolute Gasteiger partial charge is 0.135 e. The van der Waals surface area contributed by atoms with Crippen LogP contribution in [0, 0.1) is 6.92 Å². The van der Waals surface area contributed by atoms with Crippen LogP contribution in [0.4, 0.5) is 0 Å². The van der Waals surface area contributed by atoms with Gasteiger partial charge in [-0.05, 0) is 23.4 Å². The van der Waals surface area contributed by atoms with Crippen molar-refractivity contribution in [3.63, 3.8) is 0 Å². The first-order chi connectivity index (χ1) is 10.3. The minimum atomic E-state index is -0.0164. The van der Waals surface area contributed by atoms with Crippen molar-refractivity contribution in [2.75, 3.05) is 0 Å². The van der Waals surface area contributed by atoms with Gasteiger partial charge >= 0.3 is 0 Å². The molecular formula is C19H16O2. The van der Waals surface area contributed by atoms with E-state index in [-0.39, 0.29) is 6.10 Å². The predicted molar refractivity (Wildman–Crippen MR) is 83.9 cm³/mol. The molecule has 0 fully saturated rings. The number of phenols is 1. The summed E-state index contributed by atoms with van der Waals surface area (Å²) in [7, 11) is 0. The average Bonchev–Trinajstić information content (AvgIpc) is 2.99. The summed E-state index contributed by atoms with van der Waals surface area (Å²) in [5.41, 5.74) is 3.01. The second-order valence-electron chi connectivity index (χ2n) is 5.55. The van der Waals surface area contributed by atoms with E-state index in [0.717, 1.165) is 39.6 Å². The Morgan fingerprint density at radius 2 is 1.62 bits per heavy atom. The van der Waals surface area contributed by atoms with Crippen molar-refractivity contribution in [3.8, 4) is 11.5 Å². The highest BCUT2D eigenvalue weighted by Gasteiger charge is 2.30. The zero-order valence-corrected chi connectivity index (χ0v) is 11.8. The van der Waals surface area contributed by atoms with Crippen molar-refractivity contribution < 1.29 is 9.84 Å². The normalized spacial score (nSPS) is 16.7. The van der Waals surface area contributed by atoms with Crippen molar-refractivity contribution in [2.45, 2.75) is 19.4 Å². The summed E-state index contributed by atoms with van der Waals surface area (Å²) in [5, 5.41) is 12.6. The molecule has 1 heterocycles. The monoisotopic (exact) mass is 276 g/mol. The number of benzene rings is 3. The van der Waals surface area contributed by atoms with Gasteiger partial charge in [0.1, 0.15) is 17.6 Å². The van der Waals surface area contributed by atoms with Gasteiger partial charge in [-0.25, -0.2) is 0 Å². The minimum Gasteiger partial charge on any atom is -0.507 e. The third kappa shape index (κ3) is 1.79. The molecule has 0 saturated heterocycles. The molecular weight excluding hydrogens is 260 g/mol. The zero-order chi connectivity index (χ0) is 14.4. The highest BCUT2D eigenvalue weighted by atomic mass is 16.5. The highest BCUT2D eigenvalue weighted by Crippen LogP contribution is 2.47. The van der Waals surface area contributed by atoms with E-state index in [1.807, 2.05) is 43.3 Å². The maximum absolute atomic E-state index is 10.5. The van der Waals surface area contributed by atoms with Crippen LogP contribution in [0.5, 0.6) is 11.5 Å². The topological polar surface area (TPSA) is 29.5 Å². The SMILES string of the molecule is Cc1c(O)c2c(c3ccccc13)OC(c1ccccc1)C2. The van der Waals surface area contributed by atoms with Gasteiger partial charge < -0.3 is 9.84 Å². The van der Waals surface area contributed by atoms with Crippen LogP contribution in [-0.2, 0) is 6.42 Å². The number of hydrogen-bond acceptors (Lipinski definition) is 2. The number of phenolic OH excluding ortho intramolecular Hbond substituents is 1. The summed E-state index contributed by atoms with van der Waals surface area (Å²) in [6.07, 6.45) is 0.703. The molecule has 2 nitrogen and oxygen atoms in total. The standard InChI is InChI=1S/C19H16O2/c1-12-14-9-5-6-10-15(14)19-16(18(12)20)11-17(21-19)13-7-3-2-4-8-13/h2-10,17,20H,11H2,1H3. The molecule has 0 bridgehead atoms. The number of rotatable bonds is 1. The second-order valence-corrected chi connectivity index (χ2v) is 5.55. The number of aryl methyl sites for hydroxylation is 1. The first kappa shape index (κ1) is 12.3. The second kappa shape index (κ2) is 4.52. The Morgan fingerprint density at radius 1 is 0.952 bits per heavy atom. The third-order valence-corrected chi connectivity index (χ3v) is 4.31. The number of fused-ring (bicyclic) bond motifs is 3. The third-order valence-electron chi connectivity index (χ3n) is 4.31. The Kier molecular flexibility index (Phi) is 2.64. The Bertz CT molecular complexity index is 822. The van der Waals surface area contributed by atoms with Gasteiger partial charge in [0.15, 0.2) is 0 Å². The van der Waals surface area contributed by atoms with Crippen LogP contribution < -0.4 is 4.74 Å². The summed E-state index contributed by atoms with van der Waals surface area (Å²) in [6, 6.07) is 18.3. The van der Waals surface area contributed by atoms with E-state index >= 15 is 0 Å². The first-order valence-corrected chi connectivity index (χ1v) is 7.20. The largest absolute Gasteiger partial charge is 0.507 e. The lowest BCUT2D eigenvalue weighted by atomic mass is 9.96. The van der Waals surface area contributed by atoms with Crippen LogP contribution in [0.15, 0.2) is 54.6 Å². The van der Waals surface area contributed by atoms with E-state index in [1.54, 1.807) is 0 Å². The Hall–Kier alpha value is -2.48. The van der Waals surface area contributed by atoms with Crippen molar-refractivity contribution in [1.29, 1.82) is 0 Å². The van der Waals surface area contributed by atoms with E-state index in [9.17, 15) is 5.11 Å². The molecule has 4 rings (SSSR count). The van der Waals surface area contributed by atoms with Gasteiger partial charge in [-0.15, -0.1) is 0 Å². The molecule has 1 N–H and O–H groups in total. The number of hydrogen-bond donors (Lipinski definition) is 1. The molecule has 2 heteroatoms. The lowest BCUT2D eigenvalue weighted by Crippen LogP contribution is -2.02. The van der Waals surface area contributed by atoms with Crippen molar-refractivity contribution in [2.24, 2.45) is 0 Å². The van der Waals surface area contributed by atoms with Crippen LogP contribution in [0.25, 0.3) is 10.8 Å². The summed E-state index contributed by atoms with van der Waals surface area (Å²) in [6.45, 7) is 1.97. The Labute approximate surface area is 123 Å². The van der Waals surface area contributed by atoms with Gasteiger partial charge in [0.05, 0.1) is 0 Å². The molecule has 1 unspecified atom stereocenters. The lowest BCUT2D eigenvalue weighted by Gasteiger charge is -2.12. The quantitative estimate of drug-likeness (QED) is 0.707. The maximum atomic E-state index is 10.5. The van der Waals surface area contributed by atoms with Crippen molar-refractivity contribution in [3.05, 3.63) is 71.3 Å². The summed E-state index contributed by atoms with van der Waals surface area (Å²) < 4.78 is 6.18. The lowest BCUT2D eigenvalue weighted by molar-refractivity contribution is 0.241. The number of ether oxygens (including phenoxy) is 1. The van der Waals surface area contributed by atoms with Gasteiger partial charge in [0, 0.05) is 17.4 Å². The van der Waals surface area contributed by atoms with Crippen LogP contribution in [0.1, 0.15) is 22.8 Å². The van der Waals surface area contributed by atoms with Crippen molar-refractivity contribution in [1.82, 2.24) is 0 Å². The molecule has 0 saturated carbocycles. The molecule has 3 aromatic carbocycles. The fourth-order valence-corrected chi connectivity index (χ4v) is 3.18. The zero-order valence-electron chi connectivity index (χ0n) is 11.8. The summed E-state index contributed by atoms with van der Waals surface area (Å²) >= 11 is 0. The Balaban J connectivity index is 1.89. The van der Waals surface area contributed by atoms with E-state index in [4.69, 9.17) is 4.74 Å². The van der Waals surface area contributed by atoms with Gasteiger partial charge in [0.2, 0.25) is 0 Å². The van der Waals surface area contributed by atoms with Crippen LogP contribution in [0.3, 0.4) is 0 Å². The molecule has 0 spiro atoms. The summed E-state index contributed by atoms with van der Waals surface area (Å²) in [4.78, 5) is 0.